The van der Waals surface area contributed by atoms with Crippen LogP contribution in [0.5, 0.6) is 0 Å². The molecular formula is C15H20N4O. The Morgan fingerprint density at radius 1 is 1.45 bits per heavy atom. The van der Waals surface area contributed by atoms with E-state index in [4.69, 9.17) is 10.00 Å². The number of ether oxygens (including phenoxy) is 1. The Morgan fingerprint density at radius 2 is 2.25 bits per heavy atom. The number of hydrogen-bond acceptors (Lipinski definition) is 5. The van der Waals surface area contributed by atoms with Gasteiger partial charge in [-0.25, -0.2) is 9.97 Å². The average molecular weight is 272 g/mol. The van der Waals surface area contributed by atoms with Gasteiger partial charge in [0.25, 0.3) is 0 Å². The van der Waals surface area contributed by atoms with Gasteiger partial charge in [0.15, 0.2) is 5.69 Å². The molecule has 2 unspecified atom stereocenters. The average Bonchev–Trinajstić information content (AvgIpc) is 2.41. The molecule has 1 spiro atoms. The summed E-state index contributed by atoms with van der Waals surface area (Å²) in [4.78, 5) is 10.7. The SMILES string of the molecule is CCOC1CC(N(C)c2cnc(C#N)cn2)C12CCC2. The molecule has 106 valence electrons. The van der Waals surface area contributed by atoms with Gasteiger partial charge in [0.1, 0.15) is 11.9 Å². The Labute approximate surface area is 119 Å². The number of rotatable bonds is 4. The van der Waals surface area contributed by atoms with Crippen LogP contribution in [0.25, 0.3) is 0 Å². The van der Waals surface area contributed by atoms with Crippen LogP contribution in [-0.4, -0.2) is 35.8 Å². The van der Waals surface area contributed by atoms with Crippen LogP contribution in [0.4, 0.5) is 5.82 Å². The number of anilines is 1. The Hall–Kier alpha value is -1.67. The summed E-state index contributed by atoms with van der Waals surface area (Å²) in [6, 6.07) is 2.48. The van der Waals surface area contributed by atoms with E-state index in [1.54, 1.807) is 6.20 Å². The van der Waals surface area contributed by atoms with Crippen LogP contribution in [0.2, 0.25) is 0 Å². The Morgan fingerprint density at radius 3 is 2.75 bits per heavy atom. The molecule has 1 aromatic rings. The van der Waals surface area contributed by atoms with Crippen LogP contribution in [-0.2, 0) is 4.74 Å². The molecule has 5 heteroatoms. The minimum atomic E-state index is 0.320. The first-order chi connectivity index (χ1) is 9.71. The molecular weight excluding hydrogens is 252 g/mol. The first kappa shape index (κ1) is 13.3. The van der Waals surface area contributed by atoms with Gasteiger partial charge in [-0.15, -0.1) is 0 Å². The van der Waals surface area contributed by atoms with Crippen molar-refractivity contribution in [2.45, 2.75) is 44.8 Å². The minimum absolute atomic E-state index is 0.320. The van der Waals surface area contributed by atoms with Crippen LogP contribution in [0.1, 0.15) is 38.3 Å². The molecule has 0 aromatic carbocycles. The lowest BCUT2D eigenvalue weighted by Crippen LogP contribution is -2.67. The number of hydrogen-bond donors (Lipinski definition) is 0. The lowest BCUT2D eigenvalue weighted by atomic mass is 9.50. The molecule has 5 nitrogen and oxygen atoms in total. The molecule has 2 saturated carbocycles. The van der Waals surface area contributed by atoms with Crippen molar-refractivity contribution in [1.82, 2.24) is 9.97 Å². The van der Waals surface area contributed by atoms with Crippen LogP contribution < -0.4 is 4.90 Å². The van der Waals surface area contributed by atoms with E-state index in [1.807, 2.05) is 6.07 Å². The van der Waals surface area contributed by atoms with Gasteiger partial charge < -0.3 is 9.64 Å². The molecule has 20 heavy (non-hydrogen) atoms. The summed E-state index contributed by atoms with van der Waals surface area (Å²) in [5.41, 5.74) is 0.682. The highest BCUT2D eigenvalue weighted by Gasteiger charge is 2.60. The van der Waals surface area contributed by atoms with Crippen molar-refractivity contribution in [3.05, 3.63) is 18.1 Å². The van der Waals surface area contributed by atoms with Gasteiger partial charge >= 0.3 is 0 Å². The van der Waals surface area contributed by atoms with Crippen LogP contribution in [0, 0.1) is 16.7 Å². The van der Waals surface area contributed by atoms with Gasteiger partial charge in [0.05, 0.1) is 18.5 Å². The van der Waals surface area contributed by atoms with Gasteiger partial charge in [-0.2, -0.15) is 5.26 Å². The predicted molar refractivity (Wildman–Crippen MR) is 75.3 cm³/mol. The van der Waals surface area contributed by atoms with E-state index in [-0.39, 0.29) is 0 Å². The maximum atomic E-state index is 8.78. The van der Waals surface area contributed by atoms with Crippen molar-refractivity contribution in [2.75, 3.05) is 18.6 Å². The molecule has 1 aromatic heterocycles. The van der Waals surface area contributed by atoms with E-state index in [0.29, 0.717) is 23.3 Å². The predicted octanol–water partition coefficient (Wildman–Crippen LogP) is 2.13. The van der Waals surface area contributed by atoms with Crippen molar-refractivity contribution in [3.63, 3.8) is 0 Å². The zero-order chi connectivity index (χ0) is 14.2. The molecule has 0 radical (unpaired) electrons. The number of nitrogens with zero attached hydrogens (tertiary/aromatic N) is 4. The maximum Gasteiger partial charge on any atom is 0.158 e. The summed E-state index contributed by atoms with van der Waals surface area (Å²) >= 11 is 0. The molecule has 2 aliphatic carbocycles. The third kappa shape index (κ3) is 1.87. The third-order valence-electron chi connectivity index (χ3n) is 4.98. The van der Waals surface area contributed by atoms with Crippen molar-refractivity contribution in [1.29, 1.82) is 5.26 Å². The molecule has 0 saturated heterocycles. The summed E-state index contributed by atoms with van der Waals surface area (Å²) in [6.07, 6.45) is 8.49. The fourth-order valence-corrected chi connectivity index (χ4v) is 3.67. The summed E-state index contributed by atoms with van der Waals surface area (Å²) in [7, 11) is 2.07. The van der Waals surface area contributed by atoms with Gasteiger partial charge in [-0.05, 0) is 26.2 Å². The van der Waals surface area contributed by atoms with Crippen molar-refractivity contribution in [2.24, 2.45) is 5.41 Å². The third-order valence-corrected chi connectivity index (χ3v) is 4.98. The molecule has 0 amide bonds. The van der Waals surface area contributed by atoms with Crippen molar-refractivity contribution < 1.29 is 4.74 Å². The molecule has 2 aliphatic rings. The van der Waals surface area contributed by atoms with E-state index >= 15 is 0 Å². The monoisotopic (exact) mass is 272 g/mol. The molecule has 2 atom stereocenters. The quantitative estimate of drug-likeness (QED) is 0.840. The molecule has 3 rings (SSSR count). The Bertz CT molecular complexity index is 518. The molecule has 1 heterocycles. The minimum Gasteiger partial charge on any atom is -0.378 e. The topological polar surface area (TPSA) is 62.0 Å². The fraction of sp³-hybridized carbons (Fsp3) is 0.667. The first-order valence-corrected chi connectivity index (χ1v) is 7.28. The normalized spacial score (nSPS) is 26.4. The summed E-state index contributed by atoms with van der Waals surface area (Å²) in [5.74, 6) is 0.843. The van der Waals surface area contributed by atoms with E-state index in [0.717, 1.165) is 18.8 Å². The van der Waals surface area contributed by atoms with Crippen LogP contribution >= 0.6 is 0 Å². The fourth-order valence-electron chi connectivity index (χ4n) is 3.67. The lowest BCUT2D eigenvalue weighted by molar-refractivity contribution is -0.164. The smallest absolute Gasteiger partial charge is 0.158 e. The highest BCUT2D eigenvalue weighted by atomic mass is 16.5. The summed E-state index contributed by atoms with van der Waals surface area (Å²) in [6.45, 7) is 2.86. The largest absolute Gasteiger partial charge is 0.378 e. The molecule has 0 bridgehead atoms. The van der Waals surface area contributed by atoms with E-state index in [2.05, 4.69) is 28.8 Å². The van der Waals surface area contributed by atoms with Gasteiger partial charge in [-0.3, -0.25) is 0 Å². The first-order valence-electron chi connectivity index (χ1n) is 7.28. The zero-order valence-electron chi connectivity index (χ0n) is 12.0. The van der Waals surface area contributed by atoms with E-state index in [1.165, 1.54) is 25.5 Å². The summed E-state index contributed by atoms with van der Waals surface area (Å²) in [5, 5.41) is 8.78. The highest BCUT2D eigenvalue weighted by Crippen LogP contribution is 2.59. The van der Waals surface area contributed by atoms with Crippen molar-refractivity contribution >= 4 is 5.82 Å². The van der Waals surface area contributed by atoms with Crippen molar-refractivity contribution in [3.8, 4) is 6.07 Å². The summed E-state index contributed by atoms with van der Waals surface area (Å²) < 4.78 is 5.88. The zero-order valence-corrected chi connectivity index (χ0v) is 12.0. The number of aromatic nitrogens is 2. The standard InChI is InChI=1S/C15H20N4O/c1-3-20-13-7-12(15(13)5-4-6-15)19(2)14-10-17-11(8-16)9-18-14/h9-10,12-13H,3-7H2,1-2H3. The van der Waals surface area contributed by atoms with Gasteiger partial charge in [0.2, 0.25) is 0 Å². The van der Waals surface area contributed by atoms with Gasteiger partial charge in [0, 0.05) is 25.1 Å². The second-order valence-electron chi connectivity index (χ2n) is 5.76. The molecule has 0 aliphatic heterocycles. The highest BCUT2D eigenvalue weighted by molar-refractivity contribution is 5.41. The van der Waals surface area contributed by atoms with Crippen LogP contribution in [0.3, 0.4) is 0 Å². The van der Waals surface area contributed by atoms with E-state index < -0.39 is 0 Å². The maximum absolute atomic E-state index is 8.78. The lowest BCUT2D eigenvalue weighted by Gasteiger charge is -2.63. The Kier molecular flexibility index (Phi) is 3.35. The second kappa shape index (κ2) is 5.02. The molecule has 2 fully saturated rings. The Balaban J connectivity index is 1.74. The van der Waals surface area contributed by atoms with Gasteiger partial charge in [-0.1, -0.05) is 6.42 Å². The number of nitriles is 1. The van der Waals surface area contributed by atoms with Crippen LogP contribution in [0.15, 0.2) is 12.4 Å². The molecule has 0 N–H and O–H groups in total. The second-order valence-corrected chi connectivity index (χ2v) is 5.76. The van der Waals surface area contributed by atoms with E-state index in [9.17, 15) is 0 Å².